The molecule has 1 fully saturated rings. The zero-order valence-corrected chi connectivity index (χ0v) is 15.7. The summed E-state index contributed by atoms with van der Waals surface area (Å²) < 4.78 is 27.0. The number of piperidine rings is 1. The fraction of sp³-hybridized carbons (Fsp3) is 0.643. The molecule has 0 aliphatic carbocycles. The second kappa shape index (κ2) is 9.58. The summed E-state index contributed by atoms with van der Waals surface area (Å²) >= 11 is 1.30. The lowest BCUT2D eigenvalue weighted by molar-refractivity contribution is -0.120. The molecule has 0 unspecified atom stereocenters. The van der Waals surface area contributed by atoms with Crippen molar-refractivity contribution in [3.8, 4) is 0 Å². The van der Waals surface area contributed by atoms with Gasteiger partial charge in [0.2, 0.25) is 5.91 Å². The first-order valence-electron chi connectivity index (χ1n) is 7.54. The number of hydrogen-bond acceptors (Lipinski definition) is 5. The Balaban J connectivity index is 0.00000264. The van der Waals surface area contributed by atoms with Crippen LogP contribution in [0.15, 0.2) is 16.3 Å². The van der Waals surface area contributed by atoms with Gasteiger partial charge in [0.15, 0.2) is 0 Å². The number of thiophene rings is 1. The Bertz CT molecular complexity index is 598. The SMILES string of the molecule is CNCC(=O)NCCc1ccc(S(=O)(=O)N2CCCCC2)s1.Cl. The van der Waals surface area contributed by atoms with Crippen LogP contribution in [-0.2, 0) is 21.2 Å². The Morgan fingerprint density at radius 2 is 1.96 bits per heavy atom. The highest BCUT2D eigenvalue weighted by molar-refractivity contribution is 7.91. The largest absolute Gasteiger partial charge is 0.355 e. The van der Waals surface area contributed by atoms with Gasteiger partial charge < -0.3 is 10.6 Å². The van der Waals surface area contributed by atoms with Crippen molar-refractivity contribution in [2.24, 2.45) is 0 Å². The molecule has 9 heteroatoms. The molecule has 1 saturated heterocycles. The monoisotopic (exact) mass is 381 g/mol. The maximum absolute atomic E-state index is 12.5. The van der Waals surface area contributed by atoms with E-state index in [0.717, 1.165) is 24.1 Å². The van der Waals surface area contributed by atoms with Crippen LogP contribution in [-0.4, -0.2) is 51.9 Å². The second-order valence-corrected chi connectivity index (χ2v) is 8.65. The molecule has 0 spiro atoms. The summed E-state index contributed by atoms with van der Waals surface area (Å²) in [6.07, 6.45) is 3.63. The summed E-state index contributed by atoms with van der Waals surface area (Å²) in [7, 11) is -1.62. The van der Waals surface area contributed by atoms with Crippen molar-refractivity contribution in [1.29, 1.82) is 0 Å². The Kier molecular flexibility index (Phi) is 8.49. The number of carbonyl (C=O) groups is 1. The van der Waals surface area contributed by atoms with Crippen molar-refractivity contribution in [2.75, 3.05) is 33.2 Å². The van der Waals surface area contributed by atoms with Crippen molar-refractivity contribution in [3.05, 3.63) is 17.0 Å². The lowest BCUT2D eigenvalue weighted by Gasteiger charge is -2.25. The van der Waals surface area contributed by atoms with E-state index in [9.17, 15) is 13.2 Å². The summed E-state index contributed by atoms with van der Waals surface area (Å²) in [5.41, 5.74) is 0. The first kappa shape index (κ1) is 20.4. The molecular formula is C14H24ClN3O3S2. The van der Waals surface area contributed by atoms with Gasteiger partial charge in [-0.05, 0) is 38.4 Å². The zero-order valence-electron chi connectivity index (χ0n) is 13.2. The first-order chi connectivity index (χ1) is 10.5. The van der Waals surface area contributed by atoms with Gasteiger partial charge in [0, 0.05) is 24.5 Å². The minimum atomic E-state index is -3.34. The molecule has 1 aliphatic heterocycles. The van der Waals surface area contributed by atoms with Gasteiger partial charge in [-0.25, -0.2) is 8.42 Å². The lowest BCUT2D eigenvalue weighted by Crippen LogP contribution is -2.35. The predicted octanol–water partition coefficient (Wildman–Crippen LogP) is 1.22. The van der Waals surface area contributed by atoms with Gasteiger partial charge >= 0.3 is 0 Å². The molecule has 1 aliphatic rings. The number of rotatable bonds is 7. The van der Waals surface area contributed by atoms with E-state index in [1.54, 1.807) is 17.4 Å². The molecule has 1 aromatic rings. The first-order valence-corrected chi connectivity index (χ1v) is 9.80. The molecule has 1 aromatic heterocycles. The molecule has 132 valence electrons. The number of halogens is 1. The van der Waals surface area contributed by atoms with E-state index in [0.29, 0.717) is 36.8 Å². The van der Waals surface area contributed by atoms with E-state index in [2.05, 4.69) is 10.6 Å². The normalized spacial score (nSPS) is 15.9. The Morgan fingerprint density at radius 3 is 2.61 bits per heavy atom. The summed E-state index contributed by atoms with van der Waals surface area (Å²) in [5, 5.41) is 5.57. The molecule has 2 heterocycles. The van der Waals surface area contributed by atoms with Crippen LogP contribution in [0.5, 0.6) is 0 Å². The van der Waals surface area contributed by atoms with Crippen LogP contribution in [0.1, 0.15) is 24.1 Å². The van der Waals surface area contributed by atoms with Gasteiger partial charge in [-0.1, -0.05) is 6.42 Å². The fourth-order valence-corrected chi connectivity index (χ4v) is 5.44. The number of nitrogens with zero attached hydrogens (tertiary/aromatic N) is 1. The van der Waals surface area contributed by atoms with E-state index in [1.165, 1.54) is 11.3 Å². The van der Waals surface area contributed by atoms with Crippen LogP contribution in [0.3, 0.4) is 0 Å². The molecule has 0 saturated carbocycles. The third-order valence-electron chi connectivity index (χ3n) is 3.58. The Hall–Kier alpha value is -0.670. The van der Waals surface area contributed by atoms with Crippen LogP contribution in [0.2, 0.25) is 0 Å². The maximum Gasteiger partial charge on any atom is 0.252 e. The highest BCUT2D eigenvalue weighted by Crippen LogP contribution is 2.27. The van der Waals surface area contributed by atoms with E-state index in [4.69, 9.17) is 0 Å². The standard InChI is InChI=1S/C14H23N3O3S2.ClH/c1-15-11-13(18)16-8-7-12-5-6-14(21-12)22(19,20)17-9-3-2-4-10-17;/h5-6,15H,2-4,7-11H2,1H3,(H,16,18);1H. The Labute approximate surface area is 148 Å². The average molecular weight is 382 g/mol. The van der Waals surface area contributed by atoms with E-state index in [-0.39, 0.29) is 18.3 Å². The molecule has 2 rings (SSSR count). The number of sulfonamides is 1. The van der Waals surface area contributed by atoms with Gasteiger partial charge in [-0.3, -0.25) is 4.79 Å². The topological polar surface area (TPSA) is 78.5 Å². The molecule has 0 bridgehead atoms. The van der Waals surface area contributed by atoms with Crippen molar-refractivity contribution < 1.29 is 13.2 Å². The molecule has 1 amide bonds. The minimum Gasteiger partial charge on any atom is -0.355 e. The number of likely N-dealkylation sites (N-methyl/N-ethyl adjacent to an activating group) is 1. The number of carbonyl (C=O) groups excluding carboxylic acids is 1. The molecule has 0 radical (unpaired) electrons. The molecular weight excluding hydrogens is 358 g/mol. The van der Waals surface area contributed by atoms with Crippen molar-refractivity contribution in [2.45, 2.75) is 29.9 Å². The van der Waals surface area contributed by atoms with Crippen LogP contribution in [0, 0.1) is 0 Å². The fourth-order valence-electron chi connectivity index (χ4n) is 2.41. The third-order valence-corrected chi connectivity index (χ3v) is 7.09. The van der Waals surface area contributed by atoms with Gasteiger partial charge in [-0.2, -0.15) is 4.31 Å². The van der Waals surface area contributed by atoms with E-state index in [1.807, 2.05) is 6.07 Å². The highest BCUT2D eigenvalue weighted by atomic mass is 35.5. The highest BCUT2D eigenvalue weighted by Gasteiger charge is 2.27. The van der Waals surface area contributed by atoms with Crippen LogP contribution in [0.4, 0.5) is 0 Å². The van der Waals surface area contributed by atoms with Crippen molar-refractivity contribution in [3.63, 3.8) is 0 Å². The van der Waals surface area contributed by atoms with E-state index < -0.39 is 10.0 Å². The average Bonchev–Trinajstić information content (AvgIpc) is 2.98. The van der Waals surface area contributed by atoms with Crippen LogP contribution >= 0.6 is 23.7 Å². The smallest absolute Gasteiger partial charge is 0.252 e. The minimum absolute atomic E-state index is 0. The number of hydrogen-bond donors (Lipinski definition) is 2. The summed E-state index contributed by atoms with van der Waals surface area (Å²) in [4.78, 5) is 12.3. The zero-order chi connectivity index (χ0) is 16.0. The van der Waals surface area contributed by atoms with Crippen LogP contribution in [0.25, 0.3) is 0 Å². The molecule has 23 heavy (non-hydrogen) atoms. The van der Waals surface area contributed by atoms with Crippen molar-refractivity contribution >= 4 is 39.7 Å². The second-order valence-electron chi connectivity index (χ2n) is 5.32. The third kappa shape index (κ3) is 5.72. The van der Waals surface area contributed by atoms with Gasteiger partial charge in [-0.15, -0.1) is 23.7 Å². The van der Waals surface area contributed by atoms with E-state index >= 15 is 0 Å². The quantitative estimate of drug-likeness (QED) is 0.744. The molecule has 0 atom stereocenters. The Morgan fingerprint density at radius 1 is 1.26 bits per heavy atom. The molecule has 0 aromatic carbocycles. The maximum atomic E-state index is 12.5. The van der Waals surface area contributed by atoms with Crippen LogP contribution < -0.4 is 10.6 Å². The lowest BCUT2D eigenvalue weighted by atomic mass is 10.2. The summed E-state index contributed by atoms with van der Waals surface area (Å²) in [6, 6.07) is 3.52. The van der Waals surface area contributed by atoms with Gasteiger partial charge in [0.1, 0.15) is 4.21 Å². The summed E-state index contributed by atoms with van der Waals surface area (Å²) in [6.45, 7) is 2.05. The predicted molar refractivity (Wildman–Crippen MR) is 94.8 cm³/mol. The number of nitrogens with one attached hydrogen (secondary N) is 2. The molecule has 6 nitrogen and oxygen atoms in total. The summed E-state index contributed by atoms with van der Waals surface area (Å²) in [5.74, 6) is -0.0554. The number of amides is 1. The van der Waals surface area contributed by atoms with Gasteiger partial charge in [0.25, 0.3) is 10.0 Å². The molecule has 2 N–H and O–H groups in total. The van der Waals surface area contributed by atoms with Crippen molar-refractivity contribution in [1.82, 2.24) is 14.9 Å². The van der Waals surface area contributed by atoms with Gasteiger partial charge in [0.05, 0.1) is 6.54 Å².